The summed E-state index contributed by atoms with van der Waals surface area (Å²) >= 11 is 2.68. The number of carboxylic acids is 1. The van der Waals surface area contributed by atoms with Gasteiger partial charge in [-0.15, -0.1) is 28.0 Å². The normalized spacial score (nSPS) is 12.2. The van der Waals surface area contributed by atoms with Crippen molar-refractivity contribution < 1.29 is 71.6 Å². The van der Waals surface area contributed by atoms with E-state index in [-0.39, 0.29) is 81.4 Å². The number of aliphatic hydroxyl groups excluding tert-OH is 1. The number of ether oxygens (including phenoxy) is 4. The summed E-state index contributed by atoms with van der Waals surface area (Å²) in [5.74, 6) is 5.11. The zero-order valence-electron chi connectivity index (χ0n) is 56.4. The van der Waals surface area contributed by atoms with E-state index in [2.05, 4.69) is 64.5 Å². The first-order chi connectivity index (χ1) is 45.9. The molecule has 3 aromatic carbocycles. The van der Waals surface area contributed by atoms with Crippen molar-refractivity contribution in [2.45, 2.75) is 117 Å². The van der Waals surface area contributed by atoms with Gasteiger partial charge in [0.2, 0.25) is 11.8 Å². The van der Waals surface area contributed by atoms with Crippen LogP contribution in [0.2, 0.25) is 0 Å². The second-order valence-electron chi connectivity index (χ2n) is 25.1. The SMILES string of the molecule is C#CCOC(=O)N(C)Cc1cc(NC(=O)C(CCCNC(N)=O)NC(=O)C(NC(=O)OC(C)(C)C)C(C)C)ccc1COC(=O)N(C)CC#Cc1ccc(OCCCc2sc(N(CCCC(O)C[N+](C)(C)C)c3cc(C)c(Nc4nc5ccccc5s4)nn3)nc2C(=O)O)c(F)c1. The summed E-state index contributed by atoms with van der Waals surface area (Å²) in [6.07, 6.45) is 4.14. The predicted molar refractivity (Wildman–Crippen MR) is 367 cm³/mol. The van der Waals surface area contributed by atoms with E-state index in [0.29, 0.717) is 74.7 Å². The quantitative estimate of drug-likeness (QED) is 0.00847. The van der Waals surface area contributed by atoms with Crippen molar-refractivity contribution >= 4 is 103 Å². The van der Waals surface area contributed by atoms with Gasteiger partial charge in [0.25, 0.3) is 0 Å². The fourth-order valence-corrected chi connectivity index (χ4v) is 11.5. The van der Waals surface area contributed by atoms with Crippen molar-refractivity contribution in [3.05, 3.63) is 105 Å². The lowest BCUT2D eigenvalue weighted by Gasteiger charge is -2.27. The van der Waals surface area contributed by atoms with Crippen LogP contribution in [0.15, 0.2) is 66.7 Å². The van der Waals surface area contributed by atoms with E-state index < -0.39 is 77.6 Å². The lowest BCUT2D eigenvalue weighted by atomic mass is 10.0. The Morgan fingerprint density at radius 1 is 0.866 bits per heavy atom. The third-order valence-electron chi connectivity index (χ3n) is 14.2. The molecule has 97 heavy (non-hydrogen) atoms. The molecule has 3 heterocycles. The standard InChI is InChI=1S/C67H85FN14O13S2/c1-13-33-93-66(91)80(9)38-45-37-46(71-58(84)50(23-16-30-70-61(69)88)72-59(85)55(41(2)3)75-64(89)95-67(5,6)7)28-27-44(45)40-94-65(90)79(8)31-17-20-43-26-29-51(48(68)36-43)92-34-19-25-53-56(60(86)87)74-63(97-53)81(32-18-21-47(83)39-82(10,11)12)54-35-42(4)57(78-77-54)76-62-73-49-22-14-15-24-52(49)96-62/h1,14-15,22,24,26-29,35-37,41,47,50,55,83H,16,18-19,21,23,25,30-34,38-40H2,2-12H3,(H7-,69,70,71,72,73,75,76,78,84,85,86,87,88,89)/p+1. The summed E-state index contributed by atoms with van der Waals surface area (Å²) in [5, 5.41) is 45.0. The number of aromatic carboxylic acids is 1. The zero-order valence-corrected chi connectivity index (χ0v) is 58.0. The topological polar surface area (TPSA) is 344 Å². The average Bonchev–Trinajstić information content (AvgIpc) is 1.66. The van der Waals surface area contributed by atoms with Crippen molar-refractivity contribution in [3.8, 4) is 29.9 Å². The fraction of sp³-hybridized carbons (Fsp3) is 0.448. The van der Waals surface area contributed by atoms with Crippen LogP contribution in [0.25, 0.3) is 10.2 Å². The molecule has 0 fully saturated rings. The highest BCUT2D eigenvalue weighted by molar-refractivity contribution is 7.22. The summed E-state index contributed by atoms with van der Waals surface area (Å²) in [5.41, 5.74) is 7.21. The van der Waals surface area contributed by atoms with Crippen molar-refractivity contribution in [1.29, 1.82) is 0 Å². The number of terminal acetylenes is 1. The van der Waals surface area contributed by atoms with Gasteiger partial charge in [-0.25, -0.2) is 38.3 Å². The number of carboxylic acid groups (broad SMARTS) is 1. The number of nitrogens with two attached hydrogens (primary N) is 1. The van der Waals surface area contributed by atoms with E-state index in [1.54, 1.807) is 52.8 Å². The van der Waals surface area contributed by atoms with Crippen LogP contribution in [0.3, 0.4) is 0 Å². The largest absolute Gasteiger partial charge is 0.491 e. The molecule has 520 valence electrons. The number of rotatable bonds is 32. The first kappa shape index (κ1) is 76.1. The fourth-order valence-electron chi connectivity index (χ4n) is 9.52. The van der Waals surface area contributed by atoms with Crippen LogP contribution in [0.5, 0.6) is 5.75 Å². The number of hydrogen-bond donors (Lipinski definition) is 8. The second kappa shape index (κ2) is 35.7. The minimum absolute atomic E-state index is 0.0281. The number of aromatic nitrogens is 4. The number of para-hydroxylation sites is 1. The Morgan fingerprint density at radius 3 is 2.28 bits per heavy atom. The number of urea groups is 1. The lowest BCUT2D eigenvalue weighted by molar-refractivity contribution is -0.873. The number of hydrogen-bond acceptors (Lipinski definition) is 20. The van der Waals surface area contributed by atoms with Crippen molar-refractivity contribution in [2.75, 3.05) is 90.2 Å². The van der Waals surface area contributed by atoms with Gasteiger partial charge in [-0.2, -0.15) is 0 Å². The molecule has 0 radical (unpaired) electrons. The molecule has 6 aromatic rings. The summed E-state index contributed by atoms with van der Waals surface area (Å²) in [6.45, 7) is 10.5. The van der Waals surface area contributed by atoms with Crippen LogP contribution in [0.4, 0.5) is 51.2 Å². The Morgan fingerprint density at radius 2 is 1.61 bits per heavy atom. The van der Waals surface area contributed by atoms with Gasteiger partial charge in [-0.05, 0) is 137 Å². The molecular weight excluding hydrogens is 1290 g/mol. The maximum absolute atomic E-state index is 15.5. The van der Waals surface area contributed by atoms with E-state index >= 15 is 4.39 Å². The smallest absolute Gasteiger partial charge is 0.410 e. The number of carbonyl (C=O) groups excluding carboxylic acids is 6. The average molecular weight is 1380 g/mol. The number of alkyl carbamates (subject to hydrolysis) is 1. The number of halogens is 1. The molecule has 30 heteroatoms. The number of benzene rings is 3. The molecule has 7 amide bonds. The van der Waals surface area contributed by atoms with E-state index in [0.717, 1.165) is 15.8 Å². The molecule has 0 aliphatic heterocycles. The van der Waals surface area contributed by atoms with Crippen LogP contribution in [-0.2, 0) is 43.4 Å². The predicted octanol–water partition coefficient (Wildman–Crippen LogP) is 8.67. The Kier molecular flexibility index (Phi) is 28.1. The number of primary amides is 1. The molecule has 0 aliphatic rings. The highest BCUT2D eigenvalue weighted by Gasteiger charge is 2.31. The molecule has 0 bridgehead atoms. The Balaban J connectivity index is 1.07. The number of amides is 7. The van der Waals surface area contributed by atoms with Crippen LogP contribution >= 0.6 is 22.7 Å². The maximum atomic E-state index is 15.5. The van der Waals surface area contributed by atoms with E-state index in [4.69, 9.17) is 31.1 Å². The van der Waals surface area contributed by atoms with Crippen molar-refractivity contribution in [1.82, 2.24) is 45.9 Å². The Labute approximate surface area is 571 Å². The minimum atomic E-state index is -1.22. The second-order valence-corrected chi connectivity index (χ2v) is 27.2. The Bertz CT molecular complexity index is 3820. The molecule has 0 saturated carbocycles. The molecule has 27 nitrogen and oxygen atoms in total. The van der Waals surface area contributed by atoms with Crippen LogP contribution in [0.1, 0.15) is 104 Å². The number of carbonyl (C=O) groups is 7. The molecule has 3 aromatic heterocycles. The molecule has 3 unspecified atom stereocenters. The van der Waals surface area contributed by atoms with Crippen LogP contribution in [-0.4, -0.2) is 185 Å². The lowest BCUT2D eigenvalue weighted by Crippen LogP contribution is -2.55. The number of nitrogens with one attached hydrogen (secondary N) is 5. The molecule has 6 rings (SSSR count). The molecular formula is C67H86FN14O13S2+. The monoisotopic (exact) mass is 1380 g/mol. The van der Waals surface area contributed by atoms with Gasteiger partial charge in [-0.3, -0.25) is 9.59 Å². The number of anilines is 5. The van der Waals surface area contributed by atoms with E-state index in [9.17, 15) is 43.8 Å². The Hall–Kier alpha value is -9.88. The van der Waals surface area contributed by atoms with Crippen molar-refractivity contribution in [3.63, 3.8) is 0 Å². The zero-order chi connectivity index (χ0) is 71.1. The number of fused-ring (bicyclic) bond motifs is 1. The summed E-state index contributed by atoms with van der Waals surface area (Å²) in [6, 6.07) is 15.4. The first-order valence-corrected chi connectivity index (χ1v) is 32.8. The highest BCUT2D eigenvalue weighted by atomic mass is 32.1. The van der Waals surface area contributed by atoms with Gasteiger partial charge in [0, 0.05) is 49.9 Å². The number of aliphatic hydroxyl groups is 1. The van der Waals surface area contributed by atoms with Gasteiger partial charge < -0.3 is 80.7 Å². The molecule has 0 saturated heterocycles. The molecule has 9 N–H and O–H groups in total. The maximum Gasteiger partial charge on any atom is 0.410 e. The third kappa shape index (κ3) is 24.7. The van der Waals surface area contributed by atoms with Gasteiger partial charge in [0.1, 0.15) is 36.9 Å². The number of quaternary nitrogens is 1. The third-order valence-corrected chi connectivity index (χ3v) is 16.3. The van der Waals surface area contributed by atoms with Crippen LogP contribution < -0.4 is 42.0 Å². The van der Waals surface area contributed by atoms with Gasteiger partial charge in [0.15, 0.2) is 45.8 Å². The molecule has 0 aliphatic carbocycles. The first-order valence-electron chi connectivity index (χ1n) is 31.2. The highest BCUT2D eigenvalue weighted by Crippen LogP contribution is 2.35. The van der Waals surface area contributed by atoms with Gasteiger partial charge >= 0.3 is 30.3 Å². The van der Waals surface area contributed by atoms with E-state index in [1.165, 1.54) is 64.8 Å². The summed E-state index contributed by atoms with van der Waals surface area (Å²) in [4.78, 5) is 105. The van der Waals surface area contributed by atoms with E-state index in [1.807, 2.05) is 63.3 Å². The molecule has 0 spiro atoms. The van der Waals surface area contributed by atoms with Gasteiger partial charge in [-0.1, -0.05) is 61.1 Å². The number of thiazole rings is 2. The van der Waals surface area contributed by atoms with Gasteiger partial charge in [0.05, 0.1) is 44.5 Å². The summed E-state index contributed by atoms with van der Waals surface area (Å²) < 4.78 is 39.0. The number of likely N-dealkylation sites (N-methyl/N-ethyl adjacent to an activating group) is 1. The number of aryl methyl sites for hydroxylation is 2. The summed E-state index contributed by atoms with van der Waals surface area (Å²) in [7, 11) is 8.90. The van der Waals surface area contributed by atoms with Crippen molar-refractivity contribution in [2.24, 2.45) is 11.7 Å². The number of nitrogens with zero attached hydrogens (tertiary/aromatic N) is 8. The minimum Gasteiger partial charge on any atom is -0.491 e. The molecule has 3 atom stereocenters. The van der Waals surface area contributed by atoms with Crippen LogP contribution in [0, 0.1) is 42.8 Å².